The van der Waals surface area contributed by atoms with Crippen LogP contribution in [0.1, 0.15) is 48.7 Å². The van der Waals surface area contributed by atoms with E-state index in [1.165, 1.54) is 12.0 Å². The molecule has 0 radical (unpaired) electrons. The third-order valence-electron chi connectivity index (χ3n) is 7.86. The van der Waals surface area contributed by atoms with Crippen molar-refractivity contribution in [2.75, 3.05) is 19.7 Å². The fourth-order valence-corrected chi connectivity index (χ4v) is 5.74. The summed E-state index contributed by atoms with van der Waals surface area (Å²) in [4.78, 5) is 12.7. The van der Waals surface area contributed by atoms with Gasteiger partial charge in [-0.3, -0.25) is 0 Å². The van der Waals surface area contributed by atoms with E-state index in [1.807, 2.05) is 67.6 Å². The van der Waals surface area contributed by atoms with Gasteiger partial charge in [-0.05, 0) is 116 Å². The highest BCUT2D eigenvalue weighted by Crippen LogP contribution is 2.28. The largest absolute Gasteiger partial charge is 0.458 e. The summed E-state index contributed by atoms with van der Waals surface area (Å²) >= 11 is 0. The molecule has 0 aliphatic carbocycles. The smallest absolute Gasteiger partial charge is 0.343 e. The minimum Gasteiger partial charge on any atom is -0.458 e. The molecule has 0 saturated carbocycles. The average Bonchev–Trinajstić information content (AvgIpc) is 3.16. The number of nitriles is 1. The van der Waals surface area contributed by atoms with Crippen molar-refractivity contribution in [1.82, 2.24) is 0 Å². The lowest BCUT2D eigenvalue weighted by Crippen LogP contribution is -2.09. The van der Waals surface area contributed by atoms with Crippen molar-refractivity contribution < 1.29 is 23.7 Å². The van der Waals surface area contributed by atoms with E-state index in [2.05, 4.69) is 44.2 Å². The van der Waals surface area contributed by atoms with Gasteiger partial charge in [-0.2, -0.15) is 5.26 Å². The summed E-state index contributed by atoms with van der Waals surface area (Å²) in [6.07, 6.45) is 3.11. The lowest BCUT2D eigenvalue weighted by Gasteiger charge is -2.10. The number of ether oxygens (including phenoxy) is 4. The maximum Gasteiger partial charge on any atom is 0.343 e. The monoisotopic (exact) mass is 706 g/mol. The molecule has 0 saturated heterocycles. The number of carbonyl (C=O) groups is 1. The first-order valence-electron chi connectivity index (χ1n) is 16.6. The van der Waals surface area contributed by atoms with Crippen LogP contribution in [0, 0.1) is 17.2 Å². The molecule has 5 aromatic carbocycles. The number of hydrogen-bond donors (Lipinski definition) is 1. The van der Waals surface area contributed by atoms with E-state index in [0.717, 1.165) is 49.9 Å². The Balaban J connectivity index is 0.000000727. The van der Waals surface area contributed by atoms with Crippen LogP contribution in [0.2, 0.25) is 0 Å². The van der Waals surface area contributed by atoms with Crippen LogP contribution >= 0.6 is 16.7 Å². The SMILES string of the molecule is CCC(C)Cc1ccc(-c2ccc(OC(=O)c3ccc(OCOc4ccc(-c5ccc(C#N)cc5)cc4)cc3)cc2)cc1.CCOCPPN. The van der Waals surface area contributed by atoms with E-state index in [-0.39, 0.29) is 6.79 Å². The Morgan fingerprint density at radius 3 is 1.68 bits per heavy atom. The average molecular weight is 707 g/mol. The topological polar surface area (TPSA) is 104 Å². The minimum absolute atomic E-state index is 0.0208. The molecule has 0 bridgehead atoms. The summed E-state index contributed by atoms with van der Waals surface area (Å²) in [5.41, 5.74) is 11.9. The molecule has 9 heteroatoms. The zero-order valence-electron chi connectivity index (χ0n) is 28.7. The lowest BCUT2D eigenvalue weighted by atomic mass is 9.97. The number of rotatable bonds is 15. The summed E-state index contributed by atoms with van der Waals surface area (Å²) in [6.45, 7) is 7.32. The minimum atomic E-state index is -0.438. The highest BCUT2D eigenvalue weighted by atomic mass is 32.0. The fraction of sp³-hybridized carbons (Fsp3) is 0.220. The van der Waals surface area contributed by atoms with Crippen molar-refractivity contribution in [3.8, 4) is 45.6 Å². The van der Waals surface area contributed by atoms with Gasteiger partial charge in [0.25, 0.3) is 0 Å². The Kier molecular flexibility index (Phi) is 15.9. The van der Waals surface area contributed by atoms with Gasteiger partial charge >= 0.3 is 5.97 Å². The van der Waals surface area contributed by atoms with E-state index in [4.69, 9.17) is 29.7 Å². The molecule has 0 heterocycles. The molecule has 0 fully saturated rings. The molecule has 0 amide bonds. The Labute approximate surface area is 299 Å². The zero-order valence-corrected chi connectivity index (χ0v) is 30.7. The zero-order chi connectivity index (χ0) is 35.6. The molecule has 0 aromatic heterocycles. The number of benzene rings is 5. The molecule has 0 aliphatic rings. The van der Waals surface area contributed by atoms with Crippen LogP contribution < -0.4 is 19.7 Å². The summed E-state index contributed by atoms with van der Waals surface area (Å²) in [6, 6.07) is 40.2. The summed E-state index contributed by atoms with van der Waals surface area (Å²) in [5, 5.41) is 8.96. The molecule has 5 rings (SSSR count). The molecular weight excluding hydrogens is 662 g/mol. The second-order valence-corrected chi connectivity index (χ2v) is 14.3. The molecule has 50 heavy (non-hydrogen) atoms. The molecule has 0 aliphatic heterocycles. The van der Waals surface area contributed by atoms with Crippen LogP contribution in [0.15, 0.2) is 121 Å². The van der Waals surface area contributed by atoms with Crippen molar-refractivity contribution in [3.63, 3.8) is 0 Å². The molecule has 3 unspecified atom stereocenters. The maximum absolute atomic E-state index is 12.7. The van der Waals surface area contributed by atoms with Crippen molar-refractivity contribution in [3.05, 3.63) is 138 Å². The van der Waals surface area contributed by atoms with E-state index < -0.39 is 5.97 Å². The van der Waals surface area contributed by atoms with Crippen LogP contribution in [0.4, 0.5) is 0 Å². The Morgan fingerprint density at radius 2 is 1.20 bits per heavy atom. The predicted molar refractivity (Wildman–Crippen MR) is 206 cm³/mol. The number of nitrogens with two attached hydrogens (primary N) is 1. The Morgan fingerprint density at radius 1 is 0.720 bits per heavy atom. The van der Waals surface area contributed by atoms with Crippen LogP contribution in [-0.4, -0.2) is 25.7 Å². The molecular formula is C41H44N2O5P2. The van der Waals surface area contributed by atoms with Crippen molar-refractivity contribution >= 4 is 22.7 Å². The van der Waals surface area contributed by atoms with Crippen molar-refractivity contribution in [2.45, 2.75) is 33.6 Å². The van der Waals surface area contributed by atoms with Crippen LogP contribution in [0.25, 0.3) is 22.3 Å². The molecule has 5 aromatic rings. The Bertz CT molecular complexity index is 1770. The third kappa shape index (κ3) is 12.4. The van der Waals surface area contributed by atoms with Gasteiger partial charge < -0.3 is 24.5 Å². The normalized spacial score (nSPS) is 11.5. The van der Waals surface area contributed by atoms with Gasteiger partial charge in [0.1, 0.15) is 17.2 Å². The van der Waals surface area contributed by atoms with Crippen molar-refractivity contribution in [2.24, 2.45) is 11.4 Å². The van der Waals surface area contributed by atoms with E-state index in [1.54, 1.807) is 36.4 Å². The van der Waals surface area contributed by atoms with Gasteiger partial charge in [0.2, 0.25) is 6.79 Å². The summed E-state index contributed by atoms with van der Waals surface area (Å²) < 4.78 is 22.0. The summed E-state index contributed by atoms with van der Waals surface area (Å²) in [7, 11) is 1.38. The fourth-order valence-electron chi connectivity index (χ4n) is 4.79. The van der Waals surface area contributed by atoms with Gasteiger partial charge in [0.05, 0.1) is 23.5 Å². The van der Waals surface area contributed by atoms with Crippen LogP contribution in [0.5, 0.6) is 17.2 Å². The predicted octanol–water partition coefficient (Wildman–Crippen LogP) is 10.2. The van der Waals surface area contributed by atoms with Gasteiger partial charge in [-0.25, -0.2) is 4.79 Å². The molecule has 3 atom stereocenters. The number of esters is 1. The summed E-state index contributed by atoms with van der Waals surface area (Å²) in [5.74, 6) is 1.97. The lowest BCUT2D eigenvalue weighted by molar-refractivity contribution is 0.0734. The second kappa shape index (κ2) is 20.8. The van der Waals surface area contributed by atoms with Gasteiger partial charge in [-0.15, -0.1) is 0 Å². The number of hydrogen-bond acceptors (Lipinski definition) is 7. The van der Waals surface area contributed by atoms with E-state index >= 15 is 0 Å². The molecule has 2 N–H and O–H groups in total. The quantitative estimate of drug-likeness (QED) is 0.0380. The first kappa shape index (κ1) is 38.2. The first-order valence-corrected chi connectivity index (χ1v) is 19.8. The first-order chi connectivity index (χ1) is 24.4. The van der Waals surface area contributed by atoms with Gasteiger partial charge in [0.15, 0.2) is 0 Å². The molecule has 7 nitrogen and oxygen atoms in total. The van der Waals surface area contributed by atoms with Crippen LogP contribution in [-0.2, 0) is 11.2 Å². The maximum atomic E-state index is 12.7. The van der Waals surface area contributed by atoms with E-state index in [9.17, 15) is 4.79 Å². The highest BCUT2D eigenvalue weighted by Gasteiger charge is 2.10. The second-order valence-electron chi connectivity index (χ2n) is 11.4. The standard InChI is InChI=1S/C38H33NO4.C3H11NOP2/c1-3-27(2)24-28-4-8-30(9-5-28)33-14-22-37(23-15-33)43-38(40)34-16-20-36(21-17-34)42-26-41-35-18-12-32(13-19-35)31-10-6-29(25-39)7-11-31;1-2-5-3-6-7-4/h4-23,27H,3,24,26H2,1-2H3;6-7H,2-4H2,1H3. The van der Waals surface area contributed by atoms with Crippen molar-refractivity contribution in [1.29, 1.82) is 5.26 Å². The highest BCUT2D eigenvalue weighted by molar-refractivity contribution is 8.10. The van der Waals surface area contributed by atoms with E-state index in [0.29, 0.717) is 42.7 Å². The number of carbonyl (C=O) groups excluding carboxylic acids is 1. The Hall–Kier alpha value is -4.56. The van der Waals surface area contributed by atoms with Gasteiger partial charge in [-0.1, -0.05) is 89.2 Å². The number of nitrogens with zero attached hydrogens (tertiary/aromatic N) is 1. The van der Waals surface area contributed by atoms with Gasteiger partial charge in [0, 0.05) is 6.61 Å². The third-order valence-corrected chi connectivity index (χ3v) is 9.45. The molecule has 0 spiro atoms. The molecule has 258 valence electrons. The van der Waals surface area contributed by atoms with Crippen LogP contribution in [0.3, 0.4) is 0 Å².